The van der Waals surface area contributed by atoms with Gasteiger partial charge in [-0.1, -0.05) is 124 Å². The lowest BCUT2D eigenvalue weighted by Gasteiger charge is -2.35. The van der Waals surface area contributed by atoms with Crippen molar-refractivity contribution in [3.05, 3.63) is 0 Å². The van der Waals surface area contributed by atoms with E-state index in [9.17, 15) is 0 Å². The van der Waals surface area contributed by atoms with Crippen LogP contribution in [0.4, 0.5) is 0 Å². The molecule has 0 spiro atoms. The first kappa shape index (κ1) is 32.9. The quantitative estimate of drug-likeness (QED) is 0.124. The summed E-state index contributed by atoms with van der Waals surface area (Å²) in [5.74, 6) is 1.85. The number of rotatable bonds is 24. The van der Waals surface area contributed by atoms with Crippen LogP contribution in [0.25, 0.3) is 0 Å². The van der Waals surface area contributed by atoms with Crippen molar-refractivity contribution in [2.45, 2.75) is 182 Å². The smallest absolute Gasteiger partial charge is 0.0603 e. The van der Waals surface area contributed by atoms with Crippen LogP contribution in [0.2, 0.25) is 0 Å². The predicted molar refractivity (Wildman–Crippen MR) is 157 cm³/mol. The van der Waals surface area contributed by atoms with E-state index in [1.807, 2.05) is 0 Å². The van der Waals surface area contributed by atoms with Crippen LogP contribution in [0.5, 0.6) is 0 Å². The minimum absolute atomic E-state index is 0.437. The Morgan fingerprint density at radius 2 is 1.06 bits per heavy atom. The number of hydrogen-bond acceptors (Lipinski definition) is 2. The summed E-state index contributed by atoms with van der Waals surface area (Å²) in [6.45, 7) is 15.5. The maximum atomic E-state index is 6.58. The van der Waals surface area contributed by atoms with Gasteiger partial charge in [0.2, 0.25) is 0 Å². The van der Waals surface area contributed by atoms with Gasteiger partial charge in [-0.05, 0) is 57.3 Å². The molecule has 1 fully saturated rings. The fraction of sp³-hybridized carbons (Fsp3) is 1.00. The maximum Gasteiger partial charge on any atom is 0.0603 e. The molecule has 1 aliphatic rings. The molecule has 210 valence electrons. The summed E-state index contributed by atoms with van der Waals surface area (Å²) in [4.78, 5) is 2.77. The Morgan fingerprint density at radius 3 is 1.66 bits per heavy atom. The summed E-state index contributed by atoms with van der Waals surface area (Å²) < 4.78 is 6.58. The summed E-state index contributed by atoms with van der Waals surface area (Å²) in [6, 6.07) is 0. The standard InChI is InChI=1S/C33H67NO/c1-6-10-14-16-18-22-32(20-13-9-4)29-34-27-25-33(26-28-34)35-30(5)23-24-31(19-12-8-3)21-17-15-11-7-2/h30-33H,6-29H2,1-5H3/t30-,31?,32?/m1/s1. The van der Waals surface area contributed by atoms with Crippen molar-refractivity contribution in [2.24, 2.45) is 11.8 Å². The van der Waals surface area contributed by atoms with Crippen molar-refractivity contribution in [1.82, 2.24) is 4.90 Å². The lowest BCUT2D eigenvalue weighted by atomic mass is 9.90. The lowest BCUT2D eigenvalue weighted by molar-refractivity contribution is -0.0415. The number of hydrogen-bond donors (Lipinski definition) is 0. The fourth-order valence-corrected chi connectivity index (χ4v) is 6.10. The number of likely N-dealkylation sites (tertiary alicyclic amines) is 1. The van der Waals surface area contributed by atoms with Gasteiger partial charge in [0.25, 0.3) is 0 Å². The molecule has 35 heavy (non-hydrogen) atoms. The first-order valence-electron chi connectivity index (χ1n) is 16.5. The maximum absolute atomic E-state index is 6.58. The zero-order valence-electron chi connectivity index (χ0n) is 25.1. The Balaban J connectivity index is 2.29. The summed E-state index contributed by atoms with van der Waals surface area (Å²) in [5, 5.41) is 0. The molecule has 0 aromatic carbocycles. The minimum Gasteiger partial charge on any atom is -0.375 e. The average molecular weight is 494 g/mol. The van der Waals surface area contributed by atoms with E-state index in [4.69, 9.17) is 4.74 Å². The topological polar surface area (TPSA) is 12.5 Å². The van der Waals surface area contributed by atoms with Crippen molar-refractivity contribution < 1.29 is 4.74 Å². The van der Waals surface area contributed by atoms with E-state index in [2.05, 4.69) is 39.5 Å². The molecule has 0 radical (unpaired) electrons. The minimum atomic E-state index is 0.437. The van der Waals surface area contributed by atoms with Gasteiger partial charge in [0.1, 0.15) is 0 Å². The zero-order chi connectivity index (χ0) is 25.6. The van der Waals surface area contributed by atoms with E-state index in [1.54, 1.807) is 0 Å². The molecule has 0 aromatic rings. The SMILES string of the molecule is CCCCCCCC(CCCC)CN1CCC(O[C@H](C)CCC(CCCC)CCCCCC)CC1. The lowest BCUT2D eigenvalue weighted by Crippen LogP contribution is -2.40. The van der Waals surface area contributed by atoms with Gasteiger partial charge in [0.15, 0.2) is 0 Å². The highest BCUT2D eigenvalue weighted by molar-refractivity contribution is 4.76. The van der Waals surface area contributed by atoms with Gasteiger partial charge in [0.05, 0.1) is 12.2 Å². The Labute approximate surface area is 222 Å². The highest BCUT2D eigenvalue weighted by Crippen LogP contribution is 2.26. The predicted octanol–water partition coefficient (Wildman–Crippen LogP) is 10.6. The summed E-state index contributed by atoms with van der Waals surface area (Å²) in [5.41, 5.74) is 0. The summed E-state index contributed by atoms with van der Waals surface area (Å²) in [6.07, 6.45) is 30.1. The molecule has 1 aliphatic heterocycles. The molecule has 0 amide bonds. The third-order valence-electron chi connectivity index (χ3n) is 8.57. The van der Waals surface area contributed by atoms with Crippen molar-refractivity contribution >= 4 is 0 Å². The van der Waals surface area contributed by atoms with Gasteiger partial charge in [-0.15, -0.1) is 0 Å². The molecule has 2 nitrogen and oxygen atoms in total. The molecular weight excluding hydrogens is 426 g/mol. The first-order valence-corrected chi connectivity index (χ1v) is 16.5. The van der Waals surface area contributed by atoms with Crippen LogP contribution in [0.15, 0.2) is 0 Å². The molecule has 2 heteroatoms. The molecule has 0 aromatic heterocycles. The summed E-state index contributed by atoms with van der Waals surface area (Å²) in [7, 11) is 0. The van der Waals surface area contributed by atoms with Crippen LogP contribution in [0.1, 0.15) is 169 Å². The fourth-order valence-electron chi connectivity index (χ4n) is 6.10. The van der Waals surface area contributed by atoms with Crippen LogP contribution in [0.3, 0.4) is 0 Å². The largest absolute Gasteiger partial charge is 0.375 e. The van der Waals surface area contributed by atoms with E-state index < -0.39 is 0 Å². The molecule has 1 heterocycles. The van der Waals surface area contributed by atoms with Gasteiger partial charge >= 0.3 is 0 Å². The van der Waals surface area contributed by atoms with Gasteiger partial charge < -0.3 is 9.64 Å². The molecule has 1 saturated heterocycles. The third kappa shape index (κ3) is 17.9. The highest BCUT2D eigenvalue weighted by atomic mass is 16.5. The Hall–Kier alpha value is -0.0800. The van der Waals surface area contributed by atoms with Crippen molar-refractivity contribution in [1.29, 1.82) is 0 Å². The first-order chi connectivity index (χ1) is 17.1. The van der Waals surface area contributed by atoms with Crippen LogP contribution >= 0.6 is 0 Å². The van der Waals surface area contributed by atoms with Crippen molar-refractivity contribution in [2.75, 3.05) is 19.6 Å². The van der Waals surface area contributed by atoms with Crippen LogP contribution < -0.4 is 0 Å². The molecular formula is C33H67NO. The Kier molecular flexibility index (Phi) is 21.7. The number of piperidine rings is 1. The van der Waals surface area contributed by atoms with Crippen molar-refractivity contribution in [3.63, 3.8) is 0 Å². The van der Waals surface area contributed by atoms with E-state index in [1.165, 1.54) is 154 Å². The molecule has 3 atom stereocenters. The molecule has 0 bridgehead atoms. The molecule has 0 saturated carbocycles. The Morgan fingerprint density at radius 1 is 0.571 bits per heavy atom. The number of ether oxygens (including phenoxy) is 1. The normalized spacial score (nSPS) is 18.1. The van der Waals surface area contributed by atoms with Gasteiger partial charge in [-0.3, -0.25) is 0 Å². The second-order valence-corrected chi connectivity index (χ2v) is 12.1. The van der Waals surface area contributed by atoms with Crippen LogP contribution in [-0.4, -0.2) is 36.7 Å². The monoisotopic (exact) mass is 494 g/mol. The van der Waals surface area contributed by atoms with E-state index in [-0.39, 0.29) is 0 Å². The zero-order valence-corrected chi connectivity index (χ0v) is 25.1. The van der Waals surface area contributed by atoms with E-state index in [0.29, 0.717) is 12.2 Å². The Bertz CT molecular complexity index is 431. The second kappa shape index (κ2) is 23.1. The third-order valence-corrected chi connectivity index (χ3v) is 8.57. The number of nitrogens with zero attached hydrogens (tertiary/aromatic N) is 1. The molecule has 0 aliphatic carbocycles. The molecule has 1 rings (SSSR count). The second-order valence-electron chi connectivity index (χ2n) is 12.1. The van der Waals surface area contributed by atoms with Crippen LogP contribution in [-0.2, 0) is 4.74 Å². The van der Waals surface area contributed by atoms with Gasteiger partial charge in [-0.25, -0.2) is 0 Å². The van der Waals surface area contributed by atoms with Gasteiger partial charge in [-0.2, -0.15) is 0 Å². The van der Waals surface area contributed by atoms with Crippen LogP contribution in [0, 0.1) is 11.8 Å². The van der Waals surface area contributed by atoms with Crippen molar-refractivity contribution in [3.8, 4) is 0 Å². The highest BCUT2D eigenvalue weighted by Gasteiger charge is 2.23. The number of unbranched alkanes of at least 4 members (excludes halogenated alkanes) is 9. The average Bonchev–Trinajstić information content (AvgIpc) is 2.87. The van der Waals surface area contributed by atoms with Gasteiger partial charge in [0, 0.05) is 19.6 Å². The van der Waals surface area contributed by atoms with E-state index >= 15 is 0 Å². The summed E-state index contributed by atoms with van der Waals surface area (Å²) >= 11 is 0. The van der Waals surface area contributed by atoms with E-state index in [0.717, 1.165) is 11.8 Å². The molecule has 0 N–H and O–H groups in total. The molecule has 2 unspecified atom stereocenters.